The summed E-state index contributed by atoms with van der Waals surface area (Å²) < 4.78 is 13.3. The molecule has 130 valence electrons. The third-order valence-electron chi connectivity index (χ3n) is 4.39. The van der Waals surface area contributed by atoms with Gasteiger partial charge in [-0.2, -0.15) is 0 Å². The zero-order valence-corrected chi connectivity index (χ0v) is 14.2. The van der Waals surface area contributed by atoms with Crippen LogP contribution in [0, 0.1) is 5.82 Å². The predicted octanol–water partition coefficient (Wildman–Crippen LogP) is 2.98. The Bertz CT molecular complexity index is 791. The summed E-state index contributed by atoms with van der Waals surface area (Å²) >= 11 is 0. The van der Waals surface area contributed by atoms with Gasteiger partial charge < -0.3 is 10.2 Å². The number of carbonyl (C=O) groups is 2. The van der Waals surface area contributed by atoms with E-state index in [-0.39, 0.29) is 24.2 Å². The van der Waals surface area contributed by atoms with Gasteiger partial charge in [0.2, 0.25) is 11.8 Å². The van der Waals surface area contributed by atoms with E-state index < -0.39 is 6.04 Å². The maximum Gasteiger partial charge on any atom is 0.247 e. The van der Waals surface area contributed by atoms with Gasteiger partial charge in [-0.25, -0.2) is 4.39 Å². The summed E-state index contributed by atoms with van der Waals surface area (Å²) in [5.74, 6) is -0.609. The molecule has 0 radical (unpaired) electrons. The minimum absolute atomic E-state index is 0.0357. The Balaban J connectivity index is 1.83. The van der Waals surface area contributed by atoms with Crippen molar-refractivity contribution in [1.29, 1.82) is 0 Å². The average molecular weight is 340 g/mol. The van der Waals surface area contributed by atoms with Gasteiger partial charge in [0.1, 0.15) is 11.9 Å². The molecule has 0 aliphatic carbocycles. The van der Waals surface area contributed by atoms with Gasteiger partial charge in [0.25, 0.3) is 0 Å². The molecule has 0 aromatic heterocycles. The second-order valence-corrected chi connectivity index (χ2v) is 6.21. The van der Waals surface area contributed by atoms with Gasteiger partial charge in [-0.3, -0.25) is 9.59 Å². The van der Waals surface area contributed by atoms with Gasteiger partial charge in [0.15, 0.2) is 0 Å². The molecule has 0 saturated carbocycles. The Labute approximate surface area is 146 Å². The van der Waals surface area contributed by atoms with Crippen molar-refractivity contribution in [3.63, 3.8) is 0 Å². The Morgan fingerprint density at radius 2 is 2.04 bits per heavy atom. The van der Waals surface area contributed by atoms with Crippen LogP contribution < -0.4 is 5.32 Å². The van der Waals surface area contributed by atoms with Gasteiger partial charge in [-0.1, -0.05) is 43.3 Å². The minimum Gasteiger partial charge on any atom is -0.350 e. The molecule has 1 aliphatic heterocycles. The molecule has 1 N–H and O–H groups in total. The highest BCUT2D eigenvalue weighted by molar-refractivity contribution is 5.92. The van der Waals surface area contributed by atoms with Crippen LogP contribution in [0.2, 0.25) is 0 Å². The zero-order valence-electron chi connectivity index (χ0n) is 14.2. The molecule has 0 saturated heterocycles. The second kappa shape index (κ2) is 7.47. The van der Waals surface area contributed by atoms with Gasteiger partial charge in [0.05, 0.1) is 6.42 Å². The van der Waals surface area contributed by atoms with Crippen LogP contribution in [-0.4, -0.2) is 23.3 Å². The summed E-state index contributed by atoms with van der Waals surface area (Å²) in [6.07, 6.45) is 1.10. The molecular weight excluding hydrogens is 319 g/mol. The summed E-state index contributed by atoms with van der Waals surface area (Å²) in [7, 11) is 0. The maximum atomic E-state index is 13.3. The normalized spacial score (nSPS) is 16.5. The van der Waals surface area contributed by atoms with Crippen molar-refractivity contribution < 1.29 is 14.0 Å². The van der Waals surface area contributed by atoms with Crippen LogP contribution in [0.25, 0.3) is 0 Å². The lowest BCUT2D eigenvalue weighted by molar-refractivity contribution is -0.141. The van der Waals surface area contributed by atoms with E-state index in [2.05, 4.69) is 5.32 Å². The maximum absolute atomic E-state index is 13.3. The number of hydrogen-bond donors (Lipinski definition) is 1. The quantitative estimate of drug-likeness (QED) is 0.910. The SMILES string of the molecule is CCCN1C(=O)Cc2ccccc2C1C(=O)NCc1cccc(F)c1. The molecule has 5 heteroatoms. The smallest absolute Gasteiger partial charge is 0.247 e. The Kier molecular flexibility index (Phi) is 5.12. The molecule has 2 aromatic carbocycles. The van der Waals surface area contributed by atoms with Gasteiger partial charge in [-0.05, 0) is 35.2 Å². The van der Waals surface area contributed by atoms with Crippen molar-refractivity contribution in [3.05, 3.63) is 71.0 Å². The Morgan fingerprint density at radius 1 is 1.24 bits per heavy atom. The molecule has 0 bridgehead atoms. The summed E-state index contributed by atoms with van der Waals surface area (Å²) in [6, 6.07) is 13.0. The van der Waals surface area contributed by atoms with E-state index in [4.69, 9.17) is 0 Å². The fraction of sp³-hybridized carbons (Fsp3) is 0.300. The van der Waals surface area contributed by atoms with E-state index in [9.17, 15) is 14.0 Å². The number of fused-ring (bicyclic) bond motifs is 1. The number of hydrogen-bond acceptors (Lipinski definition) is 2. The van der Waals surface area contributed by atoms with Crippen LogP contribution in [0.3, 0.4) is 0 Å². The van der Waals surface area contributed by atoms with Crippen LogP contribution >= 0.6 is 0 Å². The minimum atomic E-state index is -0.633. The lowest BCUT2D eigenvalue weighted by Gasteiger charge is -2.36. The van der Waals surface area contributed by atoms with Crippen LogP contribution in [0.4, 0.5) is 4.39 Å². The number of amides is 2. The molecular formula is C20H21FN2O2. The monoisotopic (exact) mass is 340 g/mol. The van der Waals surface area contributed by atoms with E-state index in [0.29, 0.717) is 18.5 Å². The summed E-state index contributed by atoms with van der Waals surface area (Å²) in [5, 5.41) is 2.85. The zero-order chi connectivity index (χ0) is 17.8. The van der Waals surface area contributed by atoms with E-state index in [1.165, 1.54) is 12.1 Å². The molecule has 0 spiro atoms. The predicted molar refractivity (Wildman–Crippen MR) is 93.1 cm³/mol. The van der Waals surface area contributed by atoms with Crippen molar-refractivity contribution in [1.82, 2.24) is 10.2 Å². The first-order valence-corrected chi connectivity index (χ1v) is 8.49. The fourth-order valence-corrected chi connectivity index (χ4v) is 3.25. The standard InChI is InChI=1S/C20H21FN2O2/c1-2-10-23-18(24)12-15-7-3-4-9-17(15)19(23)20(25)22-13-14-6-5-8-16(21)11-14/h3-9,11,19H,2,10,12-13H2,1H3,(H,22,25). The summed E-state index contributed by atoms with van der Waals surface area (Å²) in [5.41, 5.74) is 2.45. The fourth-order valence-electron chi connectivity index (χ4n) is 3.25. The molecule has 1 aliphatic rings. The van der Waals surface area contributed by atoms with E-state index in [1.807, 2.05) is 31.2 Å². The largest absolute Gasteiger partial charge is 0.350 e. The van der Waals surface area contributed by atoms with Crippen molar-refractivity contribution in [2.45, 2.75) is 32.4 Å². The van der Waals surface area contributed by atoms with E-state index >= 15 is 0 Å². The lowest BCUT2D eigenvalue weighted by Crippen LogP contribution is -2.47. The molecule has 4 nitrogen and oxygen atoms in total. The van der Waals surface area contributed by atoms with Crippen LogP contribution in [-0.2, 0) is 22.6 Å². The first kappa shape index (κ1) is 17.1. The molecule has 25 heavy (non-hydrogen) atoms. The van der Waals surface area contributed by atoms with Crippen LogP contribution in [0.1, 0.15) is 36.1 Å². The van der Waals surface area contributed by atoms with Crippen molar-refractivity contribution in [2.75, 3.05) is 6.54 Å². The number of nitrogens with one attached hydrogen (secondary N) is 1. The second-order valence-electron chi connectivity index (χ2n) is 6.21. The Hall–Kier alpha value is -2.69. The highest BCUT2D eigenvalue weighted by Crippen LogP contribution is 2.30. The van der Waals surface area contributed by atoms with Crippen LogP contribution in [0.5, 0.6) is 0 Å². The molecule has 1 unspecified atom stereocenters. The summed E-state index contributed by atoms with van der Waals surface area (Å²) in [4.78, 5) is 27.0. The van der Waals surface area contributed by atoms with Crippen molar-refractivity contribution in [3.8, 4) is 0 Å². The van der Waals surface area contributed by atoms with Gasteiger partial charge in [0, 0.05) is 13.1 Å². The summed E-state index contributed by atoms with van der Waals surface area (Å²) in [6.45, 7) is 2.74. The lowest BCUT2D eigenvalue weighted by atomic mass is 9.91. The van der Waals surface area contributed by atoms with E-state index in [0.717, 1.165) is 17.5 Å². The third kappa shape index (κ3) is 3.71. The van der Waals surface area contributed by atoms with Gasteiger partial charge >= 0.3 is 0 Å². The number of rotatable bonds is 5. The average Bonchev–Trinajstić information content (AvgIpc) is 2.60. The first-order valence-electron chi connectivity index (χ1n) is 8.49. The molecule has 1 heterocycles. The highest BCUT2D eigenvalue weighted by Gasteiger charge is 2.36. The number of benzene rings is 2. The molecule has 0 fully saturated rings. The topological polar surface area (TPSA) is 49.4 Å². The molecule has 3 rings (SSSR count). The molecule has 2 amide bonds. The number of carbonyl (C=O) groups excluding carboxylic acids is 2. The molecule has 2 aromatic rings. The van der Waals surface area contributed by atoms with Crippen molar-refractivity contribution in [2.24, 2.45) is 0 Å². The van der Waals surface area contributed by atoms with Crippen LogP contribution in [0.15, 0.2) is 48.5 Å². The van der Waals surface area contributed by atoms with E-state index in [1.54, 1.807) is 17.0 Å². The first-order chi connectivity index (χ1) is 12.1. The number of halogens is 1. The third-order valence-corrected chi connectivity index (χ3v) is 4.39. The molecule has 1 atom stereocenters. The Morgan fingerprint density at radius 3 is 2.80 bits per heavy atom. The highest BCUT2D eigenvalue weighted by atomic mass is 19.1. The van der Waals surface area contributed by atoms with Gasteiger partial charge in [-0.15, -0.1) is 0 Å². The van der Waals surface area contributed by atoms with Crippen molar-refractivity contribution >= 4 is 11.8 Å². The number of nitrogens with zero attached hydrogens (tertiary/aromatic N) is 1.